The van der Waals surface area contributed by atoms with Crippen LogP contribution >= 0.6 is 15.9 Å². The number of allylic oxidation sites excluding steroid dienone is 1. The van der Waals surface area contributed by atoms with Crippen LogP contribution in [0.1, 0.15) is 16.7 Å². The lowest BCUT2D eigenvalue weighted by molar-refractivity contribution is 0.304. The molecule has 0 fully saturated rings. The third-order valence-corrected chi connectivity index (χ3v) is 6.28. The van der Waals surface area contributed by atoms with Crippen LogP contribution in [0.15, 0.2) is 108 Å². The molecule has 0 saturated carbocycles. The molecule has 158 valence electrons. The zero-order chi connectivity index (χ0) is 22.6. The minimum absolute atomic E-state index is 0.485. The maximum Gasteiger partial charge on any atom is 0.134 e. The van der Waals surface area contributed by atoms with Crippen LogP contribution in [-0.2, 0) is 6.61 Å². The summed E-state index contributed by atoms with van der Waals surface area (Å²) in [6.45, 7) is 0.485. The molecule has 0 unspecified atom stereocenters. The van der Waals surface area contributed by atoms with Gasteiger partial charge in [-0.1, -0.05) is 78.9 Å². The predicted molar refractivity (Wildman–Crippen MR) is 140 cm³/mol. The smallest absolute Gasteiger partial charge is 0.134 e. The molecule has 0 aliphatic rings. The van der Waals surface area contributed by atoms with E-state index < -0.39 is 0 Å². The fraction of sp³-hybridized carbons (Fsp3) is 0.0333. The largest absolute Gasteiger partial charge is 0.488 e. The van der Waals surface area contributed by atoms with Crippen molar-refractivity contribution in [2.24, 2.45) is 0 Å². The van der Waals surface area contributed by atoms with Crippen LogP contribution < -0.4 is 4.74 Å². The van der Waals surface area contributed by atoms with Gasteiger partial charge in [0.2, 0.25) is 0 Å². The van der Waals surface area contributed by atoms with Gasteiger partial charge in [-0.2, -0.15) is 5.26 Å². The van der Waals surface area contributed by atoms with Gasteiger partial charge in [-0.15, -0.1) is 0 Å². The maximum absolute atomic E-state index is 9.77. The lowest BCUT2D eigenvalue weighted by Crippen LogP contribution is -1.96. The average molecular weight is 490 g/mol. The molecule has 0 aromatic heterocycles. The highest BCUT2D eigenvalue weighted by molar-refractivity contribution is 9.10. The first-order valence-corrected chi connectivity index (χ1v) is 11.5. The summed E-state index contributed by atoms with van der Waals surface area (Å²) in [5.74, 6) is 0.768. The molecular weight excluding hydrogens is 470 g/mol. The Hall–Kier alpha value is -3.87. The number of nitriles is 1. The van der Waals surface area contributed by atoms with E-state index in [-0.39, 0.29) is 0 Å². The van der Waals surface area contributed by atoms with Crippen LogP contribution in [0, 0.1) is 11.3 Å². The van der Waals surface area contributed by atoms with E-state index in [1.54, 1.807) is 0 Å². The first kappa shape index (κ1) is 21.0. The summed E-state index contributed by atoms with van der Waals surface area (Å²) in [4.78, 5) is 0. The Balaban J connectivity index is 1.35. The van der Waals surface area contributed by atoms with Gasteiger partial charge in [0.25, 0.3) is 0 Å². The molecule has 3 heteroatoms. The SMILES string of the molecule is N#C/C(=C/c1ccc(OCc2ccc3ccccc3c2)c(Br)c1)c1ccc2ccccc2c1. The van der Waals surface area contributed by atoms with Crippen molar-refractivity contribution in [2.45, 2.75) is 6.61 Å². The number of benzene rings is 5. The first-order chi connectivity index (χ1) is 16.2. The molecule has 0 aliphatic carbocycles. The zero-order valence-corrected chi connectivity index (χ0v) is 19.4. The van der Waals surface area contributed by atoms with Gasteiger partial charge in [0, 0.05) is 0 Å². The van der Waals surface area contributed by atoms with Crippen molar-refractivity contribution in [3.05, 3.63) is 124 Å². The quantitative estimate of drug-likeness (QED) is 0.183. The average Bonchev–Trinajstić information content (AvgIpc) is 2.86. The van der Waals surface area contributed by atoms with Gasteiger partial charge < -0.3 is 4.74 Å². The summed E-state index contributed by atoms with van der Waals surface area (Å²) in [5.41, 5.74) is 3.58. The van der Waals surface area contributed by atoms with Crippen molar-refractivity contribution >= 4 is 49.1 Å². The number of fused-ring (bicyclic) bond motifs is 2. The number of hydrogen-bond donors (Lipinski definition) is 0. The molecule has 0 atom stereocenters. The normalized spacial score (nSPS) is 11.5. The molecule has 5 aromatic rings. The van der Waals surface area contributed by atoms with E-state index >= 15 is 0 Å². The Morgan fingerprint density at radius 1 is 0.758 bits per heavy atom. The zero-order valence-electron chi connectivity index (χ0n) is 17.8. The molecule has 0 bridgehead atoms. The fourth-order valence-corrected chi connectivity index (χ4v) is 4.43. The van der Waals surface area contributed by atoms with Gasteiger partial charge >= 0.3 is 0 Å². The number of rotatable bonds is 5. The topological polar surface area (TPSA) is 33.0 Å². The van der Waals surface area contributed by atoms with Crippen molar-refractivity contribution in [3.63, 3.8) is 0 Å². The Morgan fingerprint density at radius 3 is 2.12 bits per heavy atom. The lowest BCUT2D eigenvalue weighted by atomic mass is 10.0. The summed E-state index contributed by atoms with van der Waals surface area (Å²) in [6, 6.07) is 37.2. The summed E-state index contributed by atoms with van der Waals surface area (Å²) < 4.78 is 6.91. The number of ether oxygens (including phenoxy) is 1. The highest BCUT2D eigenvalue weighted by atomic mass is 79.9. The number of hydrogen-bond acceptors (Lipinski definition) is 2. The van der Waals surface area contributed by atoms with Gasteiger partial charge in [-0.25, -0.2) is 0 Å². The number of nitrogens with zero attached hydrogens (tertiary/aromatic N) is 1. The maximum atomic E-state index is 9.77. The Kier molecular flexibility index (Phi) is 5.93. The van der Waals surface area contributed by atoms with E-state index in [1.807, 2.05) is 54.6 Å². The molecule has 0 amide bonds. The van der Waals surface area contributed by atoms with Crippen LogP contribution in [0.4, 0.5) is 0 Å². The molecule has 5 rings (SSSR count). The molecule has 33 heavy (non-hydrogen) atoms. The van der Waals surface area contributed by atoms with Gasteiger partial charge in [0.15, 0.2) is 0 Å². The summed E-state index contributed by atoms with van der Waals surface area (Å²) in [7, 11) is 0. The van der Waals surface area contributed by atoms with Crippen molar-refractivity contribution in [1.29, 1.82) is 5.26 Å². The minimum atomic E-state index is 0.485. The van der Waals surface area contributed by atoms with Crippen LogP contribution in [0.5, 0.6) is 5.75 Å². The first-order valence-electron chi connectivity index (χ1n) is 10.7. The van der Waals surface area contributed by atoms with Crippen LogP contribution in [0.25, 0.3) is 33.2 Å². The Morgan fingerprint density at radius 2 is 1.42 bits per heavy atom. The minimum Gasteiger partial charge on any atom is -0.488 e. The summed E-state index contributed by atoms with van der Waals surface area (Å²) in [5, 5.41) is 14.5. The second-order valence-corrected chi connectivity index (χ2v) is 8.75. The molecule has 2 nitrogen and oxygen atoms in total. The molecule has 0 radical (unpaired) electrons. The third-order valence-electron chi connectivity index (χ3n) is 5.66. The van der Waals surface area contributed by atoms with Crippen LogP contribution in [0.3, 0.4) is 0 Å². The number of halogens is 1. The van der Waals surface area contributed by atoms with E-state index in [4.69, 9.17) is 4.74 Å². The Bertz CT molecular complexity index is 1540. The van der Waals surface area contributed by atoms with E-state index in [0.29, 0.717) is 12.2 Å². The second-order valence-electron chi connectivity index (χ2n) is 7.89. The van der Waals surface area contributed by atoms with Gasteiger partial charge in [-0.3, -0.25) is 0 Å². The van der Waals surface area contributed by atoms with Crippen molar-refractivity contribution < 1.29 is 4.74 Å². The predicted octanol–water partition coefficient (Wildman–Crippen LogP) is 8.40. The van der Waals surface area contributed by atoms with Gasteiger partial charge in [0.1, 0.15) is 12.4 Å². The van der Waals surface area contributed by atoms with E-state index in [1.165, 1.54) is 10.8 Å². The molecular formula is C30H20BrNO. The van der Waals surface area contributed by atoms with E-state index in [2.05, 4.69) is 76.6 Å². The molecule has 0 N–H and O–H groups in total. The Labute approximate surface area is 201 Å². The molecule has 0 aliphatic heterocycles. The van der Waals surface area contributed by atoms with Crippen molar-refractivity contribution in [3.8, 4) is 11.8 Å². The lowest BCUT2D eigenvalue weighted by Gasteiger charge is -2.10. The van der Waals surface area contributed by atoms with E-state index in [9.17, 15) is 5.26 Å². The van der Waals surface area contributed by atoms with Gasteiger partial charge in [0.05, 0.1) is 16.1 Å². The third kappa shape index (κ3) is 4.67. The van der Waals surface area contributed by atoms with Gasteiger partial charge in [-0.05, 0) is 84.5 Å². The van der Waals surface area contributed by atoms with Crippen LogP contribution in [0.2, 0.25) is 0 Å². The summed E-state index contributed by atoms with van der Waals surface area (Å²) in [6.07, 6.45) is 1.90. The fourth-order valence-electron chi connectivity index (χ4n) is 3.92. The molecule has 0 saturated heterocycles. The summed E-state index contributed by atoms with van der Waals surface area (Å²) >= 11 is 3.62. The van der Waals surface area contributed by atoms with Crippen molar-refractivity contribution in [2.75, 3.05) is 0 Å². The van der Waals surface area contributed by atoms with Crippen LogP contribution in [-0.4, -0.2) is 0 Å². The standard InChI is InChI=1S/C30H20BrNO/c31-29-17-21(15-28(19-32)27-13-12-24-6-2-4-8-26(24)18-27)10-14-30(29)33-20-22-9-11-23-5-1-3-7-25(23)16-22/h1-18H,20H2/b28-15-. The highest BCUT2D eigenvalue weighted by Crippen LogP contribution is 2.29. The monoisotopic (exact) mass is 489 g/mol. The van der Waals surface area contributed by atoms with Crippen molar-refractivity contribution in [1.82, 2.24) is 0 Å². The molecule has 0 heterocycles. The second kappa shape index (κ2) is 9.32. The molecule has 0 spiro atoms. The molecule has 5 aromatic carbocycles. The highest BCUT2D eigenvalue weighted by Gasteiger charge is 2.07. The van der Waals surface area contributed by atoms with E-state index in [0.717, 1.165) is 37.7 Å².